The number of anilines is 1. The topological polar surface area (TPSA) is 59.1 Å². The summed E-state index contributed by atoms with van der Waals surface area (Å²) in [6, 6.07) is 9.98. The van der Waals surface area contributed by atoms with Crippen LogP contribution in [0.2, 0.25) is 0 Å². The summed E-state index contributed by atoms with van der Waals surface area (Å²) >= 11 is 3.25. The second-order valence-corrected chi connectivity index (χ2v) is 9.91. The van der Waals surface area contributed by atoms with E-state index >= 15 is 0 Å². The van der Waals surface area contributed by atoms with Gasteiger partial charge in [0.1, 0.15) is 5.82 Å². The minimum absolute atomic E-state index is 0.0199. The maximum atomic E-state index is 13.0. The van der Waals surface area contributed by atoms with Gasteiger partial charge in [-0.25, -0.2) is 17.8 Å². The first-order valence-corrected chi connectivity index (χ1v) is 10.9. The number of aromatic nitrogens is 1. The van der Waals surface area contributed by atoms with Gasteiger partial charge < -0.3 is 0 Å². The summed E-state index contributed by atoms with van der Waals surface area (Å²) in [5, 5.41) is 0. The molecule has 0 bridgehead atoms. The van der Waals surface area contributed by atoms with E-state index in [1.807, 2.05) is 0 Å². The predicted molar refractivity (Wildman–Crippen MR) is 102 cm³/mol. The summed E-state index contributed by atoms with van der Waals surface area (Å²) < 4.78 is 42.2. The molecular formula is C17H17FN2O2S3. The molecule has 1 N–H and O–H groups in total. The van der Waals surface area contributed by atoms with Crippen molar-refractivity contribution in [1.82, 2.24) is 4.98 Å². The molecule has 0 aliphatic carbocycles. The molecule has 3 rings (SSSR count). The zero-order valence-corrected chi connectivity index (χ0v) is 16.1. The van der Waals surface area contributed by atoms with E-state index in [1.165, 1.54) is 12.1 Å². The highest BCUT2D eigenvalue weighted by Gasteiger charge is 2.15. The van der Waals surface area contributed by atoms with Crippen LogP contribution >= 0.6 is 23.1 Å². The Labute approximate surface area is 154 Å². The number of thiazole rings is 1. The van der Waals surface area contributed by atoms with Gasteiger partial charge in [-0.2, -0.15) is 0 Å². The molecule has 4 nitrogen and oxygen atoms in total. The molecule has 0 unspecified atom stereocenters. The van der Waals surface area contributed by atoms with Crippen molar-refractivity contribution in [1.29, 1.82) is 0 Å². The summed E-state index contributed by atoms with van der Waals surface area (Å²) in [5.74, 6) is 1.09. The zero-order valence-electron chi connectivity index (χ0n) is 13.7. The van der Waals surface area contributed by atoms with E-state index in [2.05, 4.69) is 23.6 Å². The van der Waals surface area contributed by atoms with Crippen molar-refractivity contribution in [2.45, 2.75) is 23.1 Å². The Bertz CT molecular complexity index is 983. The van der Waals surface area contributed by atoms with Crippen LogP contribution in [0.15, 0.2) is 51.7 Å². The molecule has 0 amide bonds. The quantitative estimate of drug-likeness (QED) is 0.597. The highest BCUT2D eigenvalue weighted by Crippen LogP contribution is 2.32. The van der Waals surface area contributed by atoms with Crippen LogP contribution in [0.25, 0.3) is 10.2 Å². The monoisotopic (exact) mass is 396 g/mol. The van der Waals surface area contributed by atoms with Gasteiger partial charge in [0.2, 0.25) is 0 Å². The number of hydrogen-bond acceptors (Lipinski definition) is 5. The first-order valence-electron chi connectivity index (χ1n) is 7.65. The largest absolute Gasteiger partial charge is 0.280 e. The Balaban J connectivity index is 1.82. The fourth-order valence-electron chi connectivity index (χ4n) is 2.09. The van der Waals surface area contributed by atoms with Crippen LogP contribution in [-0.4, -0.2) is 19.2 Å². The number of benzene rings is 2. The van der Waals surface area contributed by atoms with Crippen LogP contribution in [-0.2, 0) is 10.0 Å². The van der Waals surface area contributed by atoms with Crippen LogP contribution in [0, 0.1) is 11.7 Å². The molecule has 8 heteroatoms. The van der Waals surface area contributed by atoms with Crippen molar-refractivity contribution in [3.63, 3.8) is 0 Å². The van der Waals surface area contributed by atoms with E-state index in [1.54, 1.807) is 41.3 Å². The lowest BCUT2D eigenvalue weighted by atomic mass is 10.3. The van der Waals surface area contributed by atoms with E-state index < -0.39 is 15.8 Å². The average Bonchev–Trinajstić information content (AvgIpc) is 2.95. The van der Waals surface area contributed by atoms with Crippen molar-refractivity contribution in [2.75, 3.05) is 10.5 Å². The third-order valence-corrected chi connectivity index (χ3v) is 7.27. The number of halogens is 1. The molecular weight excluding hydrogens is 379 g/mol. The first-order chi connectivity index (χ1) is 11.8. The van der Waals surface area contributed by atoms with Crippen LogP contribution < -0.4 is 4.72 Å². The molecule has 0 spiro atoms. The Morgan fingerprint density at radius 3 is 2.60 bits per heavy atom. The second-order valence-electron chi connectivity index (χ2n) is 5.93. The van der Waals surface area contributed by atoms with Gasteiger partial charge in [0.05, 0.1) is 20.8 Å². The highest BCUT2D eigenvalue weighted by molar-refractivity contribution is 8.01. The molecule has 0 fully saturated rings. The number of nitrogens with zero attached hydrogens (tertiary/aromatic N) is 1. The Morgan fingerprint density at radius 1 is 1.20 bits per heavy atom. The lowest BCUT2D eigenvalue weighted by molar-refractivity contribution is 0.599. The lowest BCUT2D eigenvalue weighted by Crippen LogP contribution is -2.12. The average molecular weight is 397 g/mol. The summed E-state index contributed by atoms with van der Waals surface area (Å²) in [4.78, 5) is 4.57. The fraction of sp³-hybridized carbons (Fsp3) is 0.235. The summed E-state index contributed by atoms with van der Waals surface area (Å²) in [5.41, 5.74) is 1.31. The summed E-state index contributed by atoms with van der Waals surface area (Å²) in [6.07, 6.45) is 0. The number of thioether (sulfide) groups is 1. The van der Waals surface area contributed by atoms with Crippen molar-refractivity contribution in [2.24, 2.45) is 5.92 Å². The minimum atomic E-state index is -3.75. The fourth-order valence-corrected chi connectivity index (χ4v) is 5.23. The zero-order chi connectivity index (χ0) is 18.0. The summed E-state index contributed by atoms with van der Waals surface area (Å²) in [6.45, 7) is 4.31. The Kier molecular flexibility index (Phi) is 5.31. The van der Waals surface area contributed by atoms with Crippen LogP contribution in [0.4, 0.5) is 10.1 Å². The van der Waals surface area contributed by atoms with Crippen LogP contribution in [0.1, 0.15) is 13.8 Å². The minimum Gasteiger partial charge on any atom is -0.280 e. The molecule has 0 atom stereocenters. The van der Waals surface area contributed by atoms with E-state index in [4.69, 9.17) is 0 Å². The molecule has 1 heterocycles. The molecule has 2 aromatic carbocycles. The van der Waals surface area contributed by atoms with Crippen molar-refractivity contribution >= 4 is 49.0 Å². The van der Waals surface area contributed by atoms with E-state index in [0.29, 0.717) is 11.6 Å². The van der Waals surface area contributed by atoms with Gasteiger partial charge in [-0.05, 0) is 48.4 Å². The van der Waals surface area contributed by atoms with Crippen LogP contribution in [0.5, 0.6) is 0 Å². The number of rotatable bonds is 6. The number of nitrogens with one attached hydrogen (secondary N) is 1. The third-order valence-electron chi connectivity index (χ3n) is 3.29. The second kappa shape index (κ2) is 7.31. The Morgan fingerprint density at radius 2 is 1.92 bits per heavy atom. The maximum Gasteiger partial charge on any atom is 0.261 e. The standard InChI is InChI=1S/C17H17FN2O2S3/c1-11(2)10-23-17-19-15-8-5-13(9-16(15)24-17)20-25(21,22)14-6-3-12(18)4-7-14/h3-9,11,20H,10H2,1-2H3. The number of sulfonamides is 1. The number of fused-ring (bicyclic) bond motifs is 1. The van der Waals surface area contributed by atoms with Gasteiger partial charge >= 0.3 is 0 Å². The maximum absolute atomic E-state index is 13.0. The van der Waals surface area contributed by atoms with Gasteiger partial charge in [0.25, 0.3) is 10.0 Å². The van der Waals surface area contributed by atoms with E-state index in [9.17, 15) is 12.8 Å². The molecule has 0 aliphatic heterocycles. The van der Waals surface area contributed by atoms with Gasteiger partial charge in [-0.3, -0.25) is 4.72 Å². The molecule has 0 saturated carbocycles. The molecule has 132 valence electrons. The molecule has 0 saturated heterocycles. The van der Waals surface area contributed by atoms with Crippen molar-refractivity contribution in [3.8, 4) is 0 Å². The third kappa shape index (κ3) is 4.50. The summed E-state index contributed by atoms with van der Waals surface area (Å²) in [7, 11) is -3.75. The van der Waals surface area contributed by atoms with Crippen LogP contribution in [0.3, 0.4) is 0 Å². The van der Waals surface area contributed by atoms with Gasteiger partial charge in [0, 0.05) is 5.75 Å². The number of hydrogen-bond donors (Lipinski definition) is 1. The van der Waals surface area contributed by atoms with Gasteiger partial charge in [-0.1, -0.05) is 25.6 Å². The van der Waals surface area contributed by atoms with E-state index in [0.717, 1.165) is 32.4 Å². The highest BCUT2D eigenvalue weighted by atomic mass is 32.2. The normalized spacial score (nSPS) is 12.0. The molecule has 3 aromatic rings. The van der Waals surface area contributed by atoms with Crippen molar-refractivity contribution < 1.29 is 12.8 Å². The van der Waals surface area contributed by atoms with Gasteiger partial charge in [0.15, 0.2) is 4.34 Å². The SMILES string of the molecule is CC(C)CSc1nc2ccc(NS(=O)(=O)c3ccc(F)cc3)cc2s1. The Hall–Kier alpha value is -1.64. The van der Waals surface area contributed by atoms with Gasteiger partial charge in [-0.15, -0.1) is 11.3 Å². The predicted octanol–water partition coefficient (Wildman–Crippen LogP) is 4.98. The molecule has 0 radical (unpaired) electrons. The molecule has 1 aromatic heterocycles. The van der Waals surface area contributed by atoms with E-state index in [-0.39, 0.29) is 4.90 Å². The molecule has 25 heavy (non-hydrogen) atoms. The van der Waals surface area contributed by atoms with Crippen molar-refractivity contribution in [3.05, 3.63) is 48.3 Å². The first kappa shape index (κ1) is 18.2. The molecule has 0 aliphatic rings. The smallest absolute Gasteiger partial charge is 0.261 e. The lowest BCUT2D eigenvalue weighted by Gasteiger charge is -2.07.